The molecule has 0 aromatic heterocycles. The molecule has 0 spiro atoms. The molecule has 1 aliphatic heterocycles. The van der Waals surface area contributed by atoms with Gasteiger partial charge in [-0.15, -0.1) is 0 Å². The summed E-state index contributed by atoms with van der Waals surface area (Å²) < 4.78 is 0. The van der Waals surface area contributed by atoms with Gasteiger partial charge >= 0.3 is 0 Å². The van der Waals surface area contributed by atoms with E-state index in [4.69, 9.17) is 0 Å². The first-order chi connectivity index (χ1) is 6.62. The fraction of sp³-hybridized carbons (Fsp3) is 0.917. The SMILES string of the molecule is CC(C)(O)C(=O)N1CCC(C(C)(C)C)C1. The lowest BCUT2D eigenvalue weighted by molar-refractivity contribution is -0.146. The van der Waals surface area contributed by atoms with Crippen LogP contribution in [0.2, 0.25) is 0 Å². The molecule has 3 nitrogen and oxygen atoms in total. The number of carbonyl (C=O) groups is 1. The molecular formula is C12H23NO2. The number of likely N-dealkylation sites (tertiary alicyclic amines) is 1. The van der Waals surface area contributed by atoms with Gasteiger partial charge in [-0.2, -0.15) is 0 Å². The highest BCUT2D eigenvalue weighted by molar-refractivity contribution is 5.84. The molecule has 0 saturated carbocycles. The van der Waals surface area contributed by atoms with Gasteiger partial charge in [-0.3, -0.25) is 4.79 Å². The van der Waals surface area contributed by atoms with Crippen molar-refractivity contribution in [1.29, 1.82) is 0 Å². The zero-order valence-corrected chi connectivity index (χ0v) is 10.5. The molecule has 0 radical (unpaired) electrons. The van der Waals surface area contributed by atoms with Crippen LogP contribution in [-0.4, -0.2) is 34.6 Å². The van der Waals surface area contributed by atoms with E-state index >= 15 is 0 Å². The van der Waals surface area contributed by atoms with Gasteiger partial charge in [-0.25, -0.2) is 0 Å². The number of hydrogen-bond donors (Lipinski definition) is 1. The van der Waals surface area contributed by atoms with E-state index in [-0.39, 0.29) is 11.3 Å². The van der Waals surface area contributed by atoms with Gasteiger partial charge in [0.05, 0.1) is 0 Å². The summed E-state index contributed by atoms with van der Waals surface area (Å²) in [6, 6.07) is 0. The Kier molecular flexibility index (Phi) is 3.15. The van der Waals surface area contributed by atoms with Gasteiger partial charge in [-0.1, -0.05) is 20.8 Å². The van der Waals surface area contributed by atoms with Gasteiger partial charge in [0.1, 0.15) is 5.60 Å². The highest BCUT2D eigenvalue weighted by Gasteiger charge is 2.37. The predicted octanol–water partition coefficient (Wildman–Crippen LogP) is 1.65. The maximum Gasteiger partial charge on any atom is 0.253 e. The van der Waals surface area contributed by atoms with Crippen molar-refractivity contribution in [3.05, 3.63) is 0 Å². The lowest BCUT2D eigenvalue weighted by Crippen LogP contribution is -2.44. The summed E-state index contributed by atoms with van der Waals surface area (Å²) in [5.41, 5.74) is -0.985. The standard InChI is InChI=1S/C12H23NO2/c1-11(2,3)9-6-7-13(8-9)10(14)12(4,5)15/h9,15H,6-8H2,1-5H3. The second kappa shape index (κ2) is 3.78. The van der Waals surface area contributed by atoms with Crippen molar-refractivity contribution in [2.45, 2.75) is 46.6 Å². The minimum Gasteiger partial charge on any atom is -0.381 e. The quantitative estimate of drug-likeness (QED) is 0.719. The highest BCUT2D eigenvalue weighted by Crippen LogP contribution is 2.34. The van der Waals surface area contributed by atoms with E-state index < -0.39 is 5.60 Å². The normalized spacial score (nSPS) is 23.3. The smallest absolute Gasteiger partial charge is 0.253 e. The van der Waals surface area contributed by atoms with Crippen LogP contribution in [0.3, 0.4) is 0 Å². The molecule has 1 fully saturated rings. The summed E-state index contributed by atoms with van der Waals surface area (Å²) in [5.74, 6) is 0.401. The van der Waals surface area contributed by atoms with Crippen molar-refractivity contribution in [1.82, 2.24) is 4.90 Å². The molecule has 1 unspecified atom stereocenters. The highest BCUT2D eigenvalue weighted by atomic mass is 16.3. The van der Waals surface area contributed by atoms with Crippen LogP contribution in [0, 0.1) is 11.3 Å². The largest absolute Gasteiger partial charge is 0.381 e. The summed E-state index contributed by atoms with van der Waals surface area (Å²) in [5, 5.41) is 9.64. The Morgan fingerprint density at radius 2 is 1.80 bits per heavy atom. The molecule has 1 aliphatic rings. The average Bonchev–Trinajstić information content (AvgIpc) is 2.47. The van der Waals surface area contributed by atoms with Crippen LogP contribution >= 0.6 is 0 Å². The number of rotatable bonds is 1. The molecule has 0 bridgehead atoms. The molecule has 3 heteroatoms. The van der Waals surface area contributed by atoms with Gasteiger partial charge in [0, 0.05) is 13.1 Å². The summed E-state index contributed by atoms with van der Waals surface area (Å²) >= 11 is 0. The molecule has 15 heavy (non-hydrogen) atoms. The van der Waals surface area contributed by atoms with E-state index in [0.29, 0.717) is 5.92 Å². The number of hydrogen-bond acceptors (Lipinski definition) is 2. The van der Waals surface area contributed by atoms with Crippen molar-refractivity contribution in [3.63, 3.8) is 0 Å². The van der Waals surface area contributed by atoms with Crippen LogP contribution in [-0.2, 0) is 4.79 Å². The van der Waals surface area contributed by atoms with Crippen LogP contribution in [0.25, 0.3) is 0 Å². The summed E-state index contributed by atoms with van der Waals surface area (Å²) in [7, 11) is 0. The zero-order chi connectivity index (χ0) is 11.9. The molecule has 1 rings (SSSR count). The molecule has 1 saturated heterocycles. The lowest BCUT2D eigenvalue weighted by Gasteiger charge is -2.28. The van der Waals surface area contributed by atoms with Gasteiger partial charge in [0.2, 0.25) is 0 Å². The van der Waals surface area contributed by atoms with Gasteiger partial charge < -0.3 is 10.0 Å². The van der Waals surface area contributed by atoms with Gasteiger partial charge in [-0.05, 0) is 31.6 Å². The summed E-state index contributed by atoms with van der Waals surface area (Å²) in [4.78, 5) is 13.6. The maximum absolute atomic E-state index is 11.8. The molecule has 88 valence electrons. The van der Waals surface area contributed by atoms with Crippen molar-refractivity contribution < 1.29 is 9.90 Å². The first kappa shape index (κ1) is 12.5. The monoisotopic (exact) mass is 213 g/mol. The van der Waals surface area contributed by atoms with Crippen LogP contribution < -0.4 is 0 Å². The fourth-order valence-corrected chi connectivity index (χ4v) is 2.04. The molecule has 0 aromatic carbocycles. The number of amides is 1. The molecule has 0 aliphatic carbocycles. The van der Waals surface area contributed by atoms with Crippen LogP contribution in [0.1, 0.15) is 41.0 Å². The first-order valence-corrected chi connectivity index (χ1v) is 5.64. The maximum atomic E-state index is 11.8. The summed E-state index contributed by atoms with van der Waals surface area (Å²) in [6.07, 6.45) is 1.05. The Balaban J connectivity index is 2.62. The topological polar surface area (TPSA) is 40.5 Å². The molecule has 0 aromatic rings. The Morgan fingerprint density at radius 3 is 2.13 bits per heavy atom. The fourth-order valence-electron chi connectivity index (χ4n) is 2.04. The van der Waals surface area contributed by atoms with Crippen molar-refractivity contribution in [3.8, 4) is 0 Å². The molecule has 1 atom stereocenters. The van der Waals surface area contributed by atoms with Gasteiger partial charge in [0.15, 0.2) is 0 Å². The third-order valence-electron chi connectivity index (χ3n) is 3.22. The summed E-state index contributed by atoms with van der Waals surface area (Å²) in [6.45, 7) is 11.3. The van der Waals surface area contributed by atoms with Crippen LogP contribution in [0.15, 0.2) is 0 Å². The van der Waals surface area contributed by atoms with E-state index in [1.54, 1.807) is 18.7 Å². The average molecular weight is 213 g/mol. The van der Waals surface area contributed by atoms with E-state index in [0.717, 1.165) is 19.5 Å². The number of nitrogens with zero attached hydrogens (tertiary/aromatic N) is 1. The van der Waals surface area contributed by atoms with Crippen molar-refractivity contribution in [2.24, 2.45) is 11.3 Å². The Labute approximate surface area is 92.5 Å². The van der Waals surface area contributed by atoms with Crippen molar-refractivity contribution in [2.75, 3.05) is 13.1 Å². The minimum absolute atomic E-state index is 0.144. The minimum atomic E-state index is -1.23. The third-order valence-corrected chi connectivity index (χ3v) is 3.22. The van der Waals surface area contributed by atoms with E-state index in [1.165, 1.54) is 0 Å². The Hall–Kier alpha value is -0.570. The van der Waals surface area contributed by atoms with E-state index in [9.17, 15) is 9.90 Å². The zero-order valence-electron chi connectivity index (χ0n) is 10.5. The molecular weight excluding hydrogens is 190 g/mol. The number of carbonyl (C=O) groups excluding carboxylic acids is 1. The Bertz CT molecular complexity index is 247. The van der Waals surface area contributed by atoms with E-state index in [2.05, 4.69) is 20.8 Å². The van der Waals surface area contributed by atoms with E-state index in [1.807, 2.05) is 0 Å². The van der Waals surface area contributed by atoms with Gasteiger partial charge in [0.25, 0.3) is 5.91 Å². The first-order valence-electron chi connectivity index (χ1n) is 5.64. The lowest BCUT2D eigenvalue weighted by atomic mass is 9.80. The Morgan fingerprint density at radius 1 is 1.27 bits per heavy atom. The molecule has 1 N–H and O–H groups in total. The van der Waals surface area contributed by atoms with Crippen LogP contribution in [0.4, 0.5) is 0 Å². The number of aliphatic hydroxyl groups is 1. The second-order valence-corrected chi connectivity index (χ2v) is 6.16. The molecule has 1 amide bonds. The predicted molar refractivity (Wildman–Crippen MR) is 60.4 cm³/mol. The van der Waals surface area contributed by atoms with Crippen molar-refractivity contribution >= 4 is 5.91 Å². The molecule has 1 heterocycles. The third kappa shape index (κ3) is 2.94. The van der Waals surface area contributed by atoms with Crippen LogP contribution in [0.5, 0.6) is 0 Å². The second-order valence-electron chi connectivity index (χ2n) is 6.16.